The fourth-order valence-corrected chi connectivity index (χ4v) is 7.21. The number of benzene rings is 8. The minimum absolute atomic E-state index is 0.0783. The van der Waals surface area contributed by atoms with Gasteiger partial charge in [0.2, 0.25) is 0 Å². The van der Waals surface area contributed by atoms with Gasteiger partial charge in [0.1, 0.15) is 49.4 Å². The Morgan fingerprint density at radius 2 is 0.833 bits per heavy atom. The van der Waals surface area contributed by atoms with Gasteiger partial charge in [-0.15, -0.1) is 0 Å². The Balaban J connectivity index is 0.000000162. The molecule has 0 bridgehead atoms. The number of H-pyrrole nitrogens is 1. The molecule has 1 heterocycles. The maximum absolute atomic E-state index is 11.7. The Morgan fingerprint density at radius 3 is 1.24 bits per heavy atom. The Kier molecular flexibility index (Phi) is 17.0. The molecule has 6 nitrogen and oxygen atoms in total. The van der Waals surface area contributed by atoms with E-state index in [0.717, 1.165) is 56.5 Å². The number of rotatable bonds is 15. The van der Waals surface area contributed by atoms with Gasteiger partial charge in [0.15, 0.2) is 5.78 Å². The molecular formula is C59H54BrNO5. The first-order valence-corrected chi connectivity index (χ1v) is 22.9. The molecule has 9 rings (SSSR count). The number of fused-ring (bicyclic) bond motifs is 1. The molecule has 0 radical (unpaired) electrons. The predicted molar refractivity (Wildman–Crippen MR) is 272 cm³/mol. The average Bonchev–Trinajstić information content (AvgIpc) is 3.70. The molecule has 0 spiro atoms. The number of hydrogen-bond donors (Lipinski definition) is 1. The van der Waals surface area contributed by atoms with Crippen molar-refractivity contribution < 1.29 is 23.7 Å². The minimum Gasteiger partial charge on any atom is -0.489 e. The fourth-order valence-electron chi connectivity index (χ4n) is 6.95. The molecule has 0 fully saturated rings. The smallest absolute Gasteiger partial charge is 0.176 e. The van der Waals surface area contributed by atoms with Gasteiger partial charge >= 0.3 is 0 Å². The number of ketones is 1. The van der Waals surface area contributed by atoms with Crippen LogP contribution < -0.4 is 18.9 Å². The van der Waals surface area contributed by atoms with Crippen LogP contribution in [-0.4, -0.2) is 15.6 Å². The second-order valence-electron chi connectivity index (χ2n) is 15.8. The zero-order valence-electron chi connectivity index (χ0n) is 37.5. The molecule has 9 aromatic rings. The summed E-state index contributed by atoms with van der Waals surface area (Å²) in [4.78, 5) is 15.1. The number of halogens is 1. The van der Waals surface area contributed by atoms with Crippen molar-refractivity contribution in [1.29, 1.82) is 0 Å². The zero-order valence-corrected chi connectivity index (χ0v) is 39.1. The summed E-state index contributed by atoms with van der Waals surface area (Å²) in [6.07, 6.45) is 0. The van der Waals surface area contributed by atoms with Crippen molar-refractivity contribution >= 4 is 32.6 Å². The molecule has 1 aromatic heterocycles. The number of Topliss-reactive ketones (excluding diaryl/α,β-unsaturated/α-hetero) is 1. The van der Waals surface area contributed by atoms with Gasteiger partial charge < -0.3 is 23.9 Å². The molecule has 8 aromatic carbocycles. The third kappa shape index (κ3) is 14.1. The molecular weight excluding hydrogens is 883 g/mol. The lowest BCUT2D eigenvalue weighted by Crippen LogP contribution is -2.09. The lowest BCUT2D eigenvalue weighted by molar-refractivity contribution is 0.0995. The van der Waals surface area contributed by atoms with Gasteiger partial charge in [-0.05, 0) is 133 Å². The van der Waals surface area contributed by atoms with Crippen LogP contribution in [0.4, 0.5) is 0 Å². The van der Waals surface area contributed by atoms with Gasteiger partial charge in [-0.1, -0.05) is 155 Å². The van der Waals surface area contributed by atoms with Crippen LogP contribution >= 0.6 is 15.9 Å². The van der Waals surface area contributed by atoms with Crippen LogP contribution in [0.5, 0.6) is 23.0 Å². The summed E-state index contributed by atoms with van der Waals surface area (Å²) in [6.45, 7) is 8.33. The first kappa shape index (κ1) is 46.6. The van der Waals surface area contributed by atoms with E-state index >= 15 is 0 Å². The number of aromatic nitrogens is 1. The van der Waals surface area contributed by atoms with Crippen molar-refractivity contribution in [2.24, 2.45) is 0 Å². The van der Waals surface area contributed by atoms with Crippen LogP contribution in [-0.2, 0) is 26.4 Å². The van der Waals surface area contributed by atoms with Crippen LogP contribution in [0, 0.1) is 13.8 Å². The third-order valence-corrected chi connectivity index (χ3v) is 11.1. The highest BCUT2D eigenvalue weighted by Gasteiger charge is 2.13. The Morgan fingerprint density at radius 1 is 0.470 bits per heavy atom. The summed E-state index contributed by atoms with van der Waals surface area (Å²) < 4.78 is 23.3. The molecule has 1 atom stereocenters. The van der Waals surface area contributed by atoms with E-state index in [1.54, 1.807) is 12.1 Å². The first-order chi connectivity index (χ1) is 32.3. The summed E-state index contributed by atoms with van der Waals surface area (Å²) in [7, 11) is 0. The van der Waals surface area contributed by atoms with E-state index in [-0.39, 0.29) is 10.6 Å². The quantitative estimate of drug-likeness (QED) is 0.0819. The molecule has 7 heteroatoms. The number of hydrogen-bond acceptors (Lipinski definition) is 5. The number of ether oxygens (including phenoxy) is 4. The molecule has 332 valence electrons. The van der Waals surface area contributed by atoms with Crippen molar-refractivity contribution in [3.8, 4) is 34.3 Å². The summed E-state index contributed by atoms with van der Waals surface area (Å²) in [5.74, 6) is 3.50. The highest BCUT2D eigenvalue weighted by Crippen LogP contribution is 2.33. The number of nitrogens with one attached hydrogen (secondary N) is 1. The SMILES string of the molecule is CC(Br)C(=O)c1ccc(OCc2ccccc2)cc1.Cc1c(-c2ccc(OCc3ccccc3)cc2)[nH]c2ccc(OCc3ccccc3)cc12.Cc1ccc(OCc2ccccc2)cc1. The summed E-state index contributed by atoms with van der Waals surface area (Å²) in [6, 6.07) is 70.4. The zero-order chi connectivity index (χ0) is 45.9. The number of alkyl halides is 1. The highest BCUT2D eigenvalue weighted by atomic mass is 79.9. The maximum atomic E-state index is 11.7. The highest BCUT2D eigenvalue weighted by molar-refractivity contribution is 9.10. The van der Waals surface area contributed by atoms with Gasteiger partial charge in [0.05, 0.1) is 4.83 Å². The van der Waals surface area contributed by atoms with E-state index in [1.165, 1.54) is 22.1 Å². The van der Waals surface area contributed by atoms with Crippen molar-refractivity contribution in [2.75, 3.05) is 0 Å². The standard InChI is InChI=1S/C29H25NO2.C16H15BrO2.C14H14O/c1-21-27-18-26(32-20-23-10-6-3-7-11-23)16-17-28(27)30-29(21)24-12-14-25(15-13-24)31-19-22-8-4-2-5-9-22;1-12(17)16(18)14-7-9-15(10-8-14)19-11-13-5-3-2-4-6-13;1-12-7-9-14(10-8-12)15-11-13-5-3-2-4-6-13/h2-18,30H,19-20H2,1H3;2-10,12H,11H2,1H3;2-10H,11H2,1H3. The molecule has 0 amide bonds. The Bertz CT molecular complexity index is 2830. The van der Waals surface area contributed by atoms with Crippen LogP contribution in [0.15, 0.2) is 212 Å². The monoisotopic (exact) mass is 935 g/mol. The number of carbonyl (C=O) groups excluding carboxylic acids is 1. The molecule has 0 saturated carbocycles. The van der Waals surface area contributed by atoms with Crippen LogP contribution in [0.25, 0.3) is 22.2 Å². The molecule has 0 aliphatic rings. The van der Waals surface area contributed by atoms with Gasteiger partial charge in [0.25, 0.3) is 0 Å². The average molecular weight is 937 g/mol. The Labute approximate surface area is 397 Å². The van der Waals surface area contributed by atoms with E-state index in [2.05, 4.69) is 108 Å². The predicted octanol–water partition coefficient (Wildman–Crippen LogP) is 15.1. The van der Waals surface area contributed by atoms with Gasteiger partial charge in [-0.3, -0.25) is 4.79 Å². The third-order valence-electron chi connectivity index (χ3n) is 10.7. The van der Waals surface area contributed by atoms with Crippen LogP contribution in [0.2, 0.25) is 0 Å². The van der Waals surface area contributed by atoms with Gasteiger partial charge in [-0.2, -0.15) is 0 Å². The molecule has 0 aliphatic carbocycles. The Hall–Kier alpha value is -7.35. The molecule has 0 aliphatic heterocycles. The first-order valence-electron chi connectivity index (χ1n) is 22.0. The van der Waals surface area contributed by atoms with Crippen LogP contribution in [0.3, 0.4) is 0 Å². The van der Waals surface area contributed by atoms with Crippen LogP contribution in [0.1, 0.15) is 50.7 Å². The van der Waals surface area contributed by atoms with E-state index in [9.17, 15) is 4.79 Å². The minimum atomic E-state index is -0.163. The summed E-state index contributed by atoms with van der Waals surface area (Å²) in [5.41, 5.74) is 11.2. The lowest BCUT2D eigenvalue weighted by atomic mass is 10.1. The van der Waals surface area contributed by atoms with E-state index < -0.39 is 0 Å². The number of aryl methyl sites for hydroxylation is 2. The van der Waals surface area contributed by atoms with Crippen molar-refractivity contribution in [2.45, 2.75) is 52.0 Å². The number of carbonyl (C=O) groups is 1. The maximum Gasteiger partial charge on any atom is 0.176 e. The molecule has 1 unspecified atom stereocenters. The summed E-state index contributed by atoms with van der Waals surface area (Å²) >= 11 is 3.28. The second kappa shape index (κ2) is 24.1. The van der Waals surface area contributed by atoms with E-state index in [4.69, 9.17) is 18.9 Å². The normalized spacial score (nSPS) is 11.0. The molecule has 1 N–H and O–H groups in total. The molecule has 66 heavy (non-hydrogen) atoms. The largest absolute Gasteiger partial charge is 0.489 e. The van der Waals surface area contributed by atoms with Crippen molar-refractivity contribution in [3.63, 3.8) is 0 Å². The lowest BCUT2D eigenvalue weighted by Gasteiger charge is -2.07. The topological polar surface area (TPSA) is 69.8 Å². The number of aromatic amines is 1. The fraction of sp³-hybridized carbons (Fsp3) is 0.136. The summed E-state index contributed by atoms with van der Waals surface area (Å²) in [5, 5.41) is 1.18. The van der Waals surface area contributed by atoms with Crippen molar-refractivity contribution in [3.05, 3.63) is 251 Å². The van der Waals surface area contributed by atoms with E-state index in [1.807, 2.05) is 134 Å². The van der Waals surface area contributed by atoms with E-state index in [0.29, 0.717) is 32.0 Å². The van der Waals surface area contributed by atoms with Crippen molar-refractivity contribution in [1.82, 2.24) is 4.98 Å². The van der Waals surface area contributed by atoms with Gasteiger partial charge in [0, 0.05) is 22.2 Å². The van der Waals surface area contributed by atoms with Gasteiger partial charge in [-0.25, -0.2) is 0 Å². The second-order valence-corrected chi connectivity index (χ2v) is 17.1. The molecule has 0 saturated heterocycles.